The van der Waals surface area contributed by atoms with E-state index in [0.29, 0.717) is 11.8 Å². The molecule has 45 heavy (non-hydrogen) atoms. The largest absolute Gasteiger partial charge is 0.482 e. The number of Topliss-reactive ketones (excluding diaryl/α,β-unsaturated/α-hetero) is 1. The minimum atomic E-state index is -1.52. The molecular weight excluding hydrogens is 595 g/mol. The molecule has 13 heteroatoms. The number of ketones is 1. The Morgan fingerprint density at radius 3 is 2.40 bits per heavy atom. The summed E-state index contributed by atoms with van der Waals surface area (Å²) in [6, 6.07) is 5.91. The predicted octanol–water partition coefficient (Wildman–Crippen LogP) is 3.75. The Labute approximate surface area is 258 Å². The number of allylic oxidation sites excluding steroid dienone is 1. The molecule has 242 valence electrons. The van der Waals surface area contributed by atoms with Crippen LogP contribution in [-0.2, 0) is 34.1 Å². The van der Waals surface area contributed by atoms with E-state index in [1.54, 1.807) is 24.3 Å². The normalized spacial score (nSPS) is 15.5. The second-order valence-corrected chi connectivity index (χ2v) is 11.6. The number of rotatable bonds is 9. The van der Waals surface area contributed by atoms with Gasteiger partial charge in [0.1, 0.15) is 18.5 Å². The lowest BCUT2D eigenvalue weighted by Crippen LogP contribution is -2.49. The highest BCUT2D eigenvalue weighted by atomic mass is 19.2. The standard InChI is InChI=1S/C32H36F3N3O7/c1-18-21(33)14-22(34)27(35)28(18)45-17-25(39)24(15-26(40)44-5)37-29(41)19-10-8-9-13-38(16-19)31(43)30(42)36-23-12-7-6-11-20(23)32(2,3)4/h6-9,11-12,14,19,24H,10,13,15-17H2,1-5H3,(H,36,42)(H,37,41)/t19-,24-/m0/s1. The van der Waals surface area contributed by atoms with E-state index in [9.17, 15) is 37.1 Å². The van der Waals surface area contributed by atoms with Crippen molar-refractivity contribution < 1.29 is 46.6 Å². The first kappa shape index (κ1) is 34.8. The molecule has 2 atom stereocenters. The molecule has 10 nitrogen and oxygen atoms in total. The van der Waals surface area contributed by atoms with Crippen LogP contribution in [0.25, 0.3) is 0 Å². The number of nitrogens with zero attached hydrogens (tertiary/aromatic N) is 1. The van der Waals surface area contributed by atoms with E-state index in [4.69, 9.17) is 4.74 Å². The third kappa shape index (κ3) is 8.93. The van der Waals surface area contributed by atoms with E-state index in [0.717, 1.165) is 19.6 Å². The zero-order chi connectivity index (χ0) is 33.5. The van der Waals surface area contributed by atoms with Gasteiger partial charge in [-0.1, -0.05) is 51.1 Å². The predicted molar refractivity (Wildman–Crippen MR) is 158 cm³/mol. The van der Waals surface area contributed by atoms with Crippen LogP contribution < -0.4 is 15.4 Å². The first-order valence-corrected chi connectivity index (χ1v) is 14.2. The van der Waals surface area contributed by atoms with Crippen molar-refractivity contribution in [1.29, 1.82) is 0 Å². The van der Waals surface area contributed by atoms with Crippen LogP contribution in [0.15, 0.2) is 42.5 Å². The number of carbonyl (C=O) groups is 5. The highest BCUT2D eigenvalue weighted by Gasteiger charge is 2.33. The maximum atomic E-state index is 14.2. The number of para-hydroxylation sites is 1. The molecule has 0 spiro atoms. The van der Waals surface area contributed by atoms with Gasteiger partial charge in [-0.25, -0.2) is 8.78 Å². The lowest BCUT2D eigenvalue weighted by molar-refractivity contribution is -0.144. The monoisotopic (exact) mass is 631 g/mol. The Hall–Kier alpha value is -4.68. The molecule has 2 aromatic rings. The van der Waals surface area contributed by atoms with E-state index in [1.165, 1.54) is 4.90 Å². The Bertz CT molecular complexity index is 1480. The summed E-state index contributed by atoms with van der Waals surface area (Å²) < 4.78 is 51.5. The molecule has 3 amide bonds. The maximum Gasteiger partial charge on any atom is 0.313 e. The van der Waals surface area contributed by atoms with Gasteiger partial charge >= 0.3 is 17.8 Å². The summed E-state index contributed by atoms with van der Waals surface area (Å²) in [6.07, 6.45) is 2.80. The molecule has 0 saturated heterocycles. The molecule has 2 aromatic carbocycles. The van der Waals surface area contributed by atoms with Gasteiger partial charge in [-0.15, -0.1) is 0 Å². The van der Waals surface area contributed by atoms with Crippen molar-refractivity contribution in [3.05, 3.63) is 71.1 Å². The van der Waals surface area contributed by atoms with Crippen molar-refractivity contribution in [3.8, 4) is 5.75 Å². The molecule has 0 fully saturated rings. The molecular formula is C32H36F3N3O7. The minimum absolute atomic E-state index is 0.0461. The van der Waals surface area contributed by atoms with Crippen molar-refractivity contribution in [1.82, 2.24) is 10.2 Å². The van der Waals surface area contributed by atoms with Crippen LogP contribution in [0.5, 0.6) is 5.75 Å². The van der Waals surface area contributed by atoms with Crippen LogP contribution in [0.1, 0.15) is 44.7 Å². The van der Waals surface area contributed by atoms with Gasteiger partial charge in [0.2, 0.25) is 11.7 Å². The van der Waals surface area contributed by atoms with Crippen LogP contribution in [0.2, 0.25) is 0 Å². The molecule has 0 aliphatic carbocycles. The summed E-state index contributed by atoms with van der Waals surface area (Å²) in [4.78, 5) is 65.6. The van der Waals surface area contributed by atoms with Crippen molar-refractivity contribution in [2.75, 3.05) is 32.1 Å². The topological polar surface area (TPSA) is 131 Å². The molecule has 0 radical (unpaired) electrons. The van der Waals surface area contributed by atoms with E-state index < -0.39 is 77.7 Å². The molecule has 2 N–H and O–H groups in total. The highest BCUT2D eigenvalue weighted by molar-refractivity contribution is 6.39. The average Bonchev–Trinajstić information content (AvgIpc) is 3.25. The smallest absolute Gasteiger partial charge is 0.313 e. The summed E-state index contributed by atoms with van der Waals surface area (Å²) in [5, 5.41) is 5.09. The molecule has 0 saturated carbocycles. The first-order chi connectivity index (χ1) is 21.1. The van der Waals surface area contributed by atoms with Gasteiger partial charge in [-0.05, 0) is 30.4 Å². The SMILES string of the molecule is COC(=O)C[C@H](NC(=O)[C@H]1CC=CCN(C(=O)C(=O)Nc2ccccc2C(C)(C)C)C1)C(=O)COc1c(C)c(F)cc(F)c1F. The number of halogens is 3. The summed E-state index contributed by atoms with van der Waals surface area (Å²) >= 11 is 0. The van der Waals surface area contributed by atoms with Crippen LogP contribution in [0, 0.1) is 30.3 Å². The fourth-order valence-electron chi connectivity index (χ4n) is 4.66. The molecule has 0 unspecified atom stereocenters. The summed E-state index contributed by atoms with van der Waals surface area (Å²) in [5.74, 6) is -10.1. The van der Waals surface area contributed by atoms with Crippen molar-refractivity contribution >= 4 is 35.2 Å². The van der Waals surface area contributed by atoms with Crippen LogP contribution in [0.4, 0.5) is 18.9 Å². The van der Waals surface area contributed by atoms with Gasteiger partial charge < -0.3 is 25.0 Å². The number of carbonyl (C=O) groups excluding carboxylic acids is 5. The number of hydrogen-bond acceptors (Lipinski definition) is 7. The van der Waals surface area contributed by atoms with E-state index in [1.807, 2.05) is 32.9 Å². The van der Waals surface area contributed by atoms with Crippen molar-refractivity contribution in [3.63, 3.8) is 0 Å². The van der Waals surface area contributed by atoms with Gasteiger partial charge in [-0.2, -0.15) is 4.39 Å². The van der Waals surface area contributed by atoms with Crippen molar-refractivity contribution in [2.24, 2.45) is 5.92 Å². The lowest BCUT2D eigenvalue weighted by atomic mass is 9.86. The number of benzene rings is 2. The third-order valence-electron chi connectivity index (χ3n) is 7.21. The van der Waals surface area contributed by atoms with E-state index >= 15 is 0 Å². The fourth-order valence-corrected chi connectivity index (χ4v) is 4.66. The molecule has 0 aromatic heterocycles. The van der Waals surface area contributed by atoms with E-state index in [-0.39, 0.29) is 30.5 Å². The third-order valence-corrected chi connectivity index (χ3v) is 7.21. The van der Waals surface area contributed by atoms with Crippen LogP contribution >= 0.6 is 0 Å². The molecule has 1 aliphatic heterocycles. The molecule has 1 aliphatic rings. The number of amides is 3. The van der Waals surface area contributed by atoms with Crippen LogP contribution in [-0.4, -0.2) is 67.2 Å². The fraction of sp³-hybridized carbons (Fsp3) is 0.406. The number of esters is 1. The second kappa shape index (κ2) is 14.9. The second-order valence-electron chi connectivity index (χ2n) is 11.6. The first-order valence-electron chi connectivity index (χ1n) is 14.2. The number of nitrogens with one attached hydrogen (secondary N) is 2. The van der Waals surface area contributed by atoms with Crippen molar-refractivity contribution in [2.45, 2.75) is 52.0 Å². The van der Waals surface area contributed by atoms with Gasteiger partial charge in [-0.3, -0.25) is 24.0 Å². The van der Waals surface area contributed by atoms with E-state index in [2.05, 4.69) is 15.4 Å². The summed E-state index contributed by atoms with van der Waals surface area (Å²) in [5.41, 5.74) is 0.608. The summed E-state index contributed by atoms with van der Waals surface area (Å²) in [7, 11) is 1.07. The Kier molecular flexibility index (Phi) is 11.5. The van der Waals surface area contributed by atoms with Gasteiger partial charge in [0.25, 0.3) is 0 Å². The lowest BCUT2D eigenvalue weighted by Gasteiger charge is -2.26. The summed E-state index contributed by atoms with van der Waals surface area (Å²) in [6.45, 7) is 5.95. The van der Waals surface area contributed by atoms with Crippen LogP contribution in [0.3, 0.4) is 0 Å². The molecule has 0 bridgehead atoms. The Morgan fingerprint density at radius 1 is 1.04 bits per heavy atom. The van der Waals surface area contributed by atoms with Gasteiger partial charge in [0, 0.05) is 30.4 Å². The number of hydrogen-bond donors (Lipinski definition) is 2. The average molecular weight is 632 g/mol. The zero-order valence-corrected chi connectivity index (χ0v) is 25.7. The Balaban J connectivity index is 1.72. The zero-order valence-electron chi connectivity index (χ0n) is 25.7. The van der Waals surface area contributed by atoms with Gasteiger partial charge in [0.05, 0.1) is 19.4 Å². The Morgan fingerprint density at radius 2 is 1.73 bits per heavy atom. The van der Waals surface area contributed by atoms with Gasteiger partial charge in [0.15, 0.2) is 17.3 Å². The number of methoxy groups -OCH3 is 1. The quantitative estimate of drug-likeness (QED) is 0.187. The highest BCUT2D eigenvalue weighted by Crippen LogP contribution is 2.30. The number of ether oxygens (including phenoxy) is 2. The molecule has 3 rings (SSSR count). The maximum absolute atomic E-state index is 14.2. The number of anilines is 1. The minimum Gasteiger partial charge on any atom is -0.482 e. The molecule has 1 heterocycles.